The molecule has 0 radical (unpaired) electrons. The van der Waals surface area contributed by atoms with Crippen LogP contribution in [-0.4, -0.2) is 10.7 Å². The van der Waals surface area contributed by atoms with Crippen LogP contribution in [0.3, 0.4) is 0 Å². The minimum atomic E-state index is -0.752. The van der Waals surface area contributed by atoms with Crippen molar-refractivity contribution in [2.24, 2.45) is 5.92 Å². The minimum Gasteiger partial charge on any atom is -0.390 e. The minimum absolute atomic E-state index is 0.135. The van der Waals surface area contributed by atoms with Gasteiger partial charge in [0, 0.05) is 6.42 Å². The van der Waals surface area contributed by atoms with Crippen LogP contribution in [-0.2, 0) is 6.42 Å². The van der Waals surface area contributed by atoms with E-state index in [1.165, 1.54) is 6.07 Å². The van der Waals surface area contributed by atoms with Crippen LogP contribution >= 0.6 is 11.6 Å². The topological polar surface area (TPSA) is 20.2 Å². The summed E-state index contributed by atoms with van der Waals surface area (Å²) in [6.45, 7) is 2.19. The first-order valence-corrected chi connectivity index (χ1v) is 6.53. The molecule has 0 atom stereocenters. The molecule has 17 heavy (non-hydrogen) atoms. The van der Waals surface area contributed by atoms with Crippen molar-refractivity contribution in [2.45, 2.75) is 44.6 Å². The Hall–Kier alpha value is -0.600. The third-order valence-corrected chi connectivity index (χ3v) is 4.05. The molecule has 2 rings (SSSR count). The van der Waals surface area contributed by atoms with Crippen LogP contribution in [0.5, 0.6) is 0 Å². The first-order chi connectivity index (χ1) is 8.00. The van der Waals surface area contributed by atoms with Crippen LogP contribution in [0, 0.1) is 11.7 Å². The molecule has 1 aliphatic rings. The van der Waals surface area contributed by atoms with Crippen LogP contribution in [0.4, 0.5) is 4.39 Å². The SMILES string of the molecule is CC1CCC(O)(Cc2cccc(Cl)c2F)CC1. The van der Waals surface area contributed by atoms with Crippen molar-refractivity contribution < 1.29 is 9.50 Å². The van der Waals surface area contributed by atoms with E-state index >= 15 is 0 Å². The van der Waals surface area contributed by atoms with Crippen molar-refractivity contribution in [3.05, 3.63) is 34.6 Å². The lowest BCUT2D eigenvalue weighted by atomic mass is 9.76. The highest BCUT2D eigenvalue weighted by atomic mass is 35.5. The summed E-state index contributed by atoms with van der Waals surface area (Å²) in [7, 11) is 0. The van der Waals surface area contributed by atoms with Crippen LogP contribution in [0.15, 0.2) is 18.2 Å². The van der Waals surface area contributed by atoms with Gasteiger partial charge in [0.15, 0.2) is 0 Å². The van der Waals surface area contributed by atoms with Crippen LogP contribution in [0.1, 0.15) is 38.2 Å². The maximum absolute atomic E-state index is 13.8. The van der Waals surface area contributed by atoms with Gasteiger partial charge in [-0.05, 0) is 43.2 Å². The van der Waals surface area contributed by atoms with Crippen molar-refractivity contribution in [3.8, 4) is 0 Å². The number of hydrogen-bond donors (Lipinski definition) is 1. The Balaban J connectivity index is 2.12. The van der Waals surface area contributed by atoms with Crippen molar-refractivity contribution in [2.75, 3.05) is 0 Å². The second kappa shape index (κ2) is 4.95. The first-order valence-electron chi connectivity index (χ1n) is 6.15. The molecular formula is C14H18ClFO. The monoisotopic (exact) mass is 256 g/mol. The highest BCUT2D eigenvalue weighted by molar-refractivity contribution is 6.30. The third-order valence-electron chi connectivity index (χ3n) is 3.76. The van der Waals surface area contributed by atoms with E-state index in [1.54, 1.807) is 12.1 Å². The number of aliphatic hydroxyl groups is 1. The molecule has 0 aromatic heterocycles. The summed E-state index contributed by atoms with van der Waals surface area (Å²) < 4.78 is 13.8. The summed E-state index contributed by atoms with van der Waals surface area (Å²) in [4.78, 5) is 0. The molecule has 0 bridgehead atoms. The van der Waals surface area contributed by atoms with Crippen LogP contribution in [0.2, 0.25) is 5.02 Å². The molecule has 1 aromatic rings. The Morgan fingerprint density at radius 1 is 1.41 bits per heavy atom. The lowest BCUT2D eigenvalue weighted by molar-refractivity contribution is -0.00730. The molecular weight excluding hydrogens is 239 g/mol. The van der Waals surface area contributed by atoms with Crippen molar-refractivity contribution in [3.63, 3.8) is 0 Å². The number of halogens is 2. The normalized spacial score (nSPS) is 29.3. The average molecular weight is 257 g/mol. The average Bonchev–Trinajstić information content (AvgIpc) is 2.30. The fourth-order valence-corrected chi connectivity index (χ4v) is 2.71. The molecule has 0 saturated heterocycles. The van der Waals surface area contributed by atoms with Crippen LogP contribution in [0.25, 0.3) is 0 Å². The van der Waals surface area contributed by atoms with E-state index in [0.717, 1.165) is 25.7 Å². The van der Waals surface area contributed by atoms with Gasteiger partial charge < -0.3 is 5.11 Å². The number of rotatable bonds is 2. The smallest absolute Gasteiger partial charge is 0.145 e. The fourth-order valence-electron chi connectivity index (χ4n) is 2.52. The summed E-state index contributed by atoms with van der Waals surface area (Å²) in [5, 5.41) is 10.6. The molecule has 94 valence electrons. The standard InChI is InChI=1S/C14H18ClFO/c1-10-5-7-14(17,8-6-10)9-11-3-2-4-12(15)13(11)16/h2-4,10,17H,5-9H2,1H3. The summed E-state index contributed by atoms with van der Waals surface area (Å²) in [6.07, 6.45) is 3.89. The van der Waals surface area contributed by atoms with E-state index in [2.05, 4.69) is 6.92 Å². The zero-order valence-corrected chi connectivity index (χ0v) is 10.8. The van der Waals surface area contributed by atoms with E-state index in [1.807, 2.05) is 0 Å². The van der Waals surface area contributed by atoms with Gasteiger partial charge in [-0.25, -0.2) is 4.39 Å². The Kier molecular flexibility index (Phi) is 3.74. The van der Waals surface area contributed by atoms with Crippen molar-refractivity contribution in [1.82, 2.24) is 0 Å². The third kappa shape index (κ3) is 2.99. The first kappa shape index (κ1) is 12.8. The molecule has 1 nitrogen and oxygen atoms in total. The predicted molar refractivity (Wildman–Crippen MR) is 67.7 cm³/mol. The van der Waals surface area contributed by atoms with E-state index in [9.17, 15) is 9.50 Å². The highest BCUT2D eigenvalue weighted by Crippen LogP contribution is 2.35. The van der Waals surface area contributed by atoms with Gasteiger partial charge in [0.05, 0.1) is 10.6 Å². The largest absolute Gasteiger partial charge is 0.390 e. The number of hydrogen-bond acceptors (Lipinski definition) is 1. The van der Waals surface area contributed by atoms with Gasteiger partial charge >= 0.3 is 0 Å². The van der Waals surface area contributed by atoms with Crippen LogP contribution < -0.4 is 0 Å². The zero-order valence-electron chi connectivity index (χ0n) is 10.0. The molecule has 0 spiro atoms. The number of benzene rings is 1. The summed E-state index contributed by atoms with van der Waals surface area (Å²) in [6, 6.07) is 4.97. The van der Waals surface area contributed by atoms with Gasteiger partial charge in [0.25, 0.3) is 0 Å². The van der Waals surface area contributed by atoms with Crippen molar-refractivity contribution >= 4 is 11.6 Å². The molecule has 3 heteroatoms. The van der Waals surface area contributed by atoms with E-state index < -0.39 is 5.60 Å². The fraction of sp³-hybridized carbons (Fsp3) is 0.571. The zero-order chi connectivity index (χ0) is 12.5. The Morgan fingerprint density at radius 2 is 2.06 bits per heavy atom. The summed E-state index contributed by atoms with van der Waals surface area (Å²) in [5.74, 6) is 0.278. The molecule has 0 amide bonds. The second-order valence-corrected chi connectivity index (χ2v) is 5.70. The quantitative estimate of drug-likeness (QED) is 0.849. The summed E-state index contributed by atoms with van der Waals surface area (Å²) >= 11 is 5.74. The lowest BCUT2D eigenvalue weighted by Crippen LogP contribution is -2.36. The molecule has 1 fully saturated rings. The predicted octanol–water partition coefficient (Wildman–Crippen LogP) is 3.96. The van der Waals surface area contributed by atoms with E-state index in [0.29, 0.717) is 17.9 Å². The van der Waals surface area contributed by atoms with Gasteiger partial charge in [0.2, 0.25) is 0 Å². The molecule has 0 heterocycles. The molecule has 1 aliphatic carbocycles. The second-order valence-electron chi connectivity index (χ2n) is 5.30. The molecule has 0 unspecified atom stereocenters. The highest BCUT2D eigenvalue weighted by Gasteiger charge is 2.32. The van der Waals surface area contributed by atoms with Gasteiger partial charge in [-0.2, -0.15) is 0 Å². The Labute approximate surface area is 107 Å². The molecule has 1 N–H and O–H groups in total. The maximum Gasteiger partial charge on any atom is 0.145 e. The van der Waals surface area contributed by atoms with E-state index in [-0.39, 0.29) is 10.8 Å². The summed E-state index contributed by atoms with van der Waals surface area (Å²) in [5.41, 5.74) is -0.229. The molecule has 0 aliphatic heterocycles. The van der Waals surface area contributed by atoms with E-state index in [4.69, 9.17) is 11.6 Å². The van der Waals surface area contributed by atoms with Gasteiger partial charge in [0.1, 0.15) is 5.82 Å². The Bertz CT molecular complexity index is 397. The van der Waals surface area contributed by atoms with Gasteiger partial charge in [-0.3, -0.25) is 0 Å². The Morgan fingerprint density at radius 3 is 2.71 bits per heavy atom. The lowest BCUT2D eigenvalue weighted by Gasteiger charge is -2.35. The molecule has 1 aromatic carbocycles. The van der Waals surface area contributed by atoms with Crippen molar-refractivity contribution in [1.29, 1.82) is 0 Å². The molecule has 1 saturated carbocycles. The maximum atomic E-state index is 13.8. The van der Waals surface area contributed by atoms with Gasteiger partial charge in [-0.15, -0.1) is 0 Å². The van der Waals surface area contributed by atoms with Gasteiger partial charge in [-0.1, -0.05) is 30.7 Å².